The topological polar surface area (TPSA) is 89.0 Å². The summed E-state index contributed by atoms with van der Waals surface area (Å²) in [5, 5.41) is 6.90. The molecule has 2 amide bonds. The average molecular weight is 466 g/mol. The van der Waals surface area contributed by atoms with Crippen molar-refractivity contribution >= 4 is 35.3 Å². The molecular formula is C25H24ClN3O4. The molecule has 170 valence electrons. The first-order valence-corrected chi connectivity index (χ1v) is 10.7. The lowest BCUT2D eigenvalue weighted by Gasteiger charge is -2.12. The zero-order valence-electron chi connectivity index (χ0n) is 18.1. The molecule has 0 saturated heterocycles. The van der Waals surface area contributed by atoms with Crippen LogP contribution in [-0.2, 0) is 16.2 Å². The van der Waals surface area contributed by atoms with Crippen molar-refractivity contribution in [2.24, 2.45) is 5.10 Å². The molecule has 0 aliphatic heterocycles. The number of hydrazone groups is 1. The SMILES string of the molecule is CCOc1cc(C=NNC(=O)CC(=O)Nc2ccccc2Cl)ccc1OCc1ccccc1. The lowest BCUT2D eigenvalue weighted by Crippen LogP contribution is -2.24. The molecule has 0 atom stereocenters. The molecule has 2 N–H and O–H groups in total. The van der Waals surface area contributed by atoms with E-state index in [9.17, 15) is 9.59 Å². The van der Waals surface area contributed by atoms with Gasteiger partial charge >= 0.3 is 0 Å². The highest BCUT2D eigenvalue weighted by Crippen LogP contribution is 2.29. The molecule has 0 saturated carbocycles. The minimum absolute atomic E-state index is 0.390. The Morgan fingerprint density at radius 3 is 2.45 bits per heavy atom. The lowest BCUT2D eigenvalue weighted by molar-refractivity contribution is -0.126. The van der Waals surface area contributed by atoms with E-state index in [2.05, 4.69) is 15.8 Å². The van der Waals surface area contributed by atoms with Crippen molar-refractivity contribution in [3.05, 3.63) is 88.9 Å². The molecule has 3 aromatic carbocycles. The van der Waals surface area contributed by atoms with Crippen LogP contribution in [0.3, 0.4) is 0 Å². The van der Waals surface area contributed by atoms with E-state index in [1.165, 1.54) is 6.21 Å². The number of amides is 2. The average Bonchev–Trinajstić information content (AvgIpc) is 2.81. The van der Waals surface area contributed by atoms with Gasteiger partial charge in [-0.05, 0) is 48.4 Å². The number of hydrogen-bond acceptors (Lipinski definition) is 5. The number of nitrogens with one attached hydrogen (secondary N) is 2. The van der Waals surface area contributed by atoms with Crippen molar-refractivity contribution in [3.63, 3.8) is 0 Å². The maximum Gasteiger partial charge on any atom is 0.249 e. The smallest absolute Gasteiger partial charge is 0.249 e. The second-order valence-electron chi connectivity index (χ2n) is 6.91. The van der Waals surface area contributed by atoms with Crippen LogP contribution in [0.1, 0.15) is 24.5 Å². The molecule has 0 bridgehead atoms. The Bertz CT molecular complexity index is 1120. The van der Waals surface area contributed by atoms with Gasteiger partial charge in [0.2, 0.25) is 11.8 Å². The largest absolute Gasteiger partial charge is 0.490 e. The summed E-state index contributed by atoms with van der Waals surface area (Å²) < 4.78 is 11.6. The zero-order valence-corrected chi connectivity index (χ0v) is 18.8. The van der Waals surface area contributed by atoms with Crippen molar-refractivity contribution in [1.82, 2.24) is 5.43 Å². The van der Waals surface area contributed by atoms with Crippen LogP contribution in [0.2, 0.25) is 5.02 Å². The molecule has 0 aromatic heterocycles. The number of nitrogens with zero attached hydrogens (tertiary/aromatic N) is 1. The minimum atomic E-state index is -0.552. The molecule has 0 heterocycles. The monoisotopic (exact) mass is 465 g/mol. The number of anilines is 1. The highest BCUT2D eigenvalue weighted by atomic mass is 35.5. The molecule has 3 aromatic rings. The van der Waals surface area contributed by atoms with E-state index in [-0.39, 0.29) is 6.42 Å². The highest BCUT2D eigenvalue weighted by Gasteiger charge is 2.11. The third kappa shape index (κ3) is 7.66. The summed E-state index contributed by atoms with van der Waals surface area (Å²) in [5.41, 5.74) is 4.53. The molecule has 0 fully saturated rings. The van der Waals surface area contributed by atoms with Crippen LogP contribution in [0.25, 0.3) is 0 Å². The molecule has 0 unspecified atom stereocenters. The van der Waals surface area contributed by atoms with Crippen LogP contribution >= 0.6 is 11.6 Å². The summed E-state index contributed by atoms with van der Waals surface area (Å²) in [6, 6.07) is 22.0. The first-order valence-electron chi connectivity index (χ1n) is 10.3. The standard InChI is InChI=1S/C25H24ClN3O4/c1-2-32-23-14-19(12-13-22(23)33-17-18-8-4-3-5-9-18)16-27-29-25(31)15-24(30)28-21-11-7-6-10-20(21)26/h3-14,16H,2,15,17H2,1H3,(H,28,30)(H,29,31). The van der Waals surface area contributed by atoms with Crippen LogP contribution in [0.15, 0.2) is 77.9 Å². The first-order chi connectivity index (χ1) is 16.0. The van der Waals surface area contributed by atoms with Gasteiger partial charge in [0.15, 0.2) is 11.5 Å². The second kappa shape index (κ2) is 12.3. The predicted octanol–water partition coefficient (Wildman–Crippen LogP) is 4.80. The van der Waals surface area contributed by atoms with Gasteiger partial charge in [0, 0.05) is 0 Å². The molecule has 0 spiro atoms. The Morgan fingerprint density at radius 1 is 0.939 bits per heavy atom. The van der Waals surface area contributed by atoms with Crippen LogP contribution in [0, 0.1) is 0 Å². The Balaban J connectivity index is 1.54. The van der Waals surface area contributed by atoms with Gasteiger partial charge in [-0.15, -0.1) is 0 Å². The Hall–Kier alpha value is -3.84. The van der Waals surface area contributed by atoms with Gasteiger partial charge in [-0.2, -0.15) is 5.10 Å². The Kier molecular flexibility index (Phi) is 8.85. The fraction of sp³-hybridized carbons (Fsp3) is 0.160. The number of rotatable bonds is 10. The van der Waals surface area contributed by atoms with Crippen LogP contribution < -0.4 is 20.2 Å². The van der Waals surface area contributed by atoms with E-state index in [0.717, 1.165) is 5.56 Å². The molecule has 33 heavy (non-hydrogen) atoms. The summed E-state index contributed by atoms with van der Waals surface area (Å²) in [6.07, 6.45) is 1.08. The summed E-state index contributed by atoms with van der Waals surface area (Å²) in [5.74, 6) is 0.138. The van der Waals surface area contributed by atoms with Gasteiger partial charge in [-0.3, -0.25) is 9.59 Å². The summed E-state index contributed by atoms with van der Waals surface area (Å²) >= 11 is 6.00. The number of para-hydroxylation sites is 1. The zero-order chi connectivity index (χ0) is 23.5. The van der Waals surface area contributed by atoms with Crippen molar-refractivity contribution in [3.8, 4) is 11.5 Å². The molecule has 0 aliphatic carbocycles. The van der Waals surface area contributed by atoms with Gasteiger partial charge < -0.3 is 14.8 Å². The number of ether oxygens (including phenoxy) is 2. The van der Waals surface area contributed by atoms with Crippen LogP contribution in [0.5, 0.6) is 11.5 Å². The third-order valence-electron chi connectivity index (χ3n) is 4.38. The maximum atomic E-state index is 12.0. The molecule has 0 radical (unpaired) electrons. The summed E-state index contributed by atoms with van der Waals surface area (Å²) in [4.78, 5) is 24.0. The number of benzene rings is 3. The summed E-state index contributed by atoms with van der Waals surface area (Å²) in [6.45, 7) is 2.77. The fourth-order valence-electron chi connectivity index (χ4n) is 2.85. The van der Waals surface area contributed by atoms with Crippen molar-refractivity contribution in [2.45, 2.75) is 20.0 Å². The van der Waals surface area contributed by atoms with Crippen molar-refractivity contribution in [1.29, 1.82) is 0 Å². The van der Waals surface area contributed by atoms with Gasteiger partial charge in [0.1, 0.15) is 13.0 Å². The number of halogens is 1. The van der Waals surface area contributed by atoms with E-state index >= 15 is 0 Å². The Morgan fingerprint density at radius 2 is 1.70 bits per heavy atom. The van der Waals surface area contributed by atoms with E-state index in [0.29, 0.717) is 41.0 Å². The lowest BCUT2D eigenvalue weighted by atomic mass is 10.2. The molecule has 0 aliphatic rings. The normalized spacial score (nSPS) is 10.6. The van der Waals surface area contributed by atoms with Gasteiger partial charge in [0.05, 0.1) is 23.5 Å². The van der Waals surface area contributed by atoms with E-state index < -0.39 is 11.8 Å². The number of carbonyl (C=O) groups is 2. The fourth-order valence-corrected chi connectivity index (χ4v) is 3.03. The van der Waals surface area contributed by atoms with Crippen LogP contribution in [-0.4, -0.2) is 24.6 Å². The van der Waals surface area contributed by atoms with Gasteiger partial charge in [-0.1, -0.05) is 54.1 Å². The van der Waals surface area contributed by atoms with E-state index in [4.69, 9.17) is 21.1 Å². The molecule has 7 nitrogen and oxygen atoms in total. The molecular weight excluding hydrogens is 442 g/mol. The van der Waals surface area contributed by atoms with E-state index in [1.54, 1.807) is 42.5 Å². The Labute approximate surface area is 197 Å². The van der Waals surface area contributed by atoms with Crippen molar-refractivity contribution in [2.75, 3.05) is 11.9 Å². The first kappa shape index (κ1) is 23.8. The maximum absolute atomic E-state index is 12.0. The third-order valence-corrected chi connectivity index (χ3v) is 4.71. The highest BCUT2D eigenvalue weighted by molar-refractivity contribution is 6.33. The summed E-state index contributed by atoms with van der Waals surface area (Å²) in [7, 11) is 0. The minimum Gasteiger partial charge on any atom is -0.490 e. The quantitative estimate of drug-likeness (QED) is 0.256. The van der Waals surface area contributed by atoms with Crippen LogP contribution in [0.4, 0.5) is 5.69 Å². The van der Waals surface area contributed by atoms with E-state index in [1.807, 2.05) is 37.3 Å². The molecule has 8 heteroatoms. The van der Waals surface area contributed by atoms with Gasteiger partial charge in [-0.25, -0.2) is 5.43 Å². The number of carbonyl (C=O) groups excluding carboxylic acids is 2. The van der Waals surface area contributed by atoms with Gasteiger partial charge in [0.25, 0.3) is 0 Å². The van der Waals surface area contributed by atoms with Crippen molar-refractivity contribution < 1.29 is 19.1 Å². The predicted molar refractivity (Wildman–Crippen MR) is 129 cm³/mol. The number of hydrogen-bond donors (Lipinski definition) is 2. The second-order valence-corrected chi connectivity index (χ2v) is 7.32. The molecule has 3 rings (SSSR count).